The number of nitrogens with zero attached hydrogens (tertiary/aromatic N) is 2. The zero-order valence-electron chi connectivity index (χ0n) is 12.2. The number of nitriles is 1. The lowest BCUT2D eigenvalue weighted by Crippen LogP contribution is -2.33. The average molecular weight is 374 g/mol. The molecule has 1 rings (SSSR count). The van der Waals surface area contributed by atoms with Crippen LogP contribution in [0.3, 0.4) is 0 Å². The quantitative estimate of drug-likeness (QED) is 0.586. The lowest BCUT2D eigenvalue weighted by Gasteiger charge is -2.20. The molecule has 0 fully saturated rings. The summed E-state index contributed by atoms with van der Waals surface area (Å²) < 4.78 is 102. The van der Waals surface area contributed by atoms with Crippen LogP contribution in [0.15, 0.2) is 18.2 Å². The molecule has 4 nitrogen and oxygen atoms in total. The van der Waals surface area contributed by atoms with Crippen LogP contribution in [0.2, 0.25) is 0 Å². The summed E-state index contributed by atoms with van der Waals surface area (Å²) in [6, 6.07) is 2.15. The maximum absolute atomic E-state index is 12.9. The molecule has 24 heavy (non-hydrogen) atoms. The van der Waals surface area contributed by atoms with E-state index in [0.29, 0.717) is 4.31 Å². The van der Waals surface area contributed by atoms with Crippen molar-refractivity contribution in [1.29, 1.82) is 5.26 Å². The summed E-state index contributed by atoms with van der Waals surface area (Å²) in [5.41, 5.74) is -3.87. The van der Waals surface area contributed by atoms with Crippen LogP contribution in [-0.4, -0.2) is 25.8 Å². The molecule has 1 aromatic rings. The zero-order chi connectivity index (χ0) is 18.8. The summed E-state index contributed by atoms with van der Waals surface area (Å²) in [6.45, 7) is 0.543. The van der Waals surface area contributed by atoms with Crippen molar-refractivity contribution in [3.63, 3.8) is 0 Å². The second-order valence-corrected chi connectivity index (χ2v) is 6.68. The van der Waals surface area contributed by atoms with Crippen molar-refractivity contribution in [2.75, 3.05) is 13.1 Å². The number of hydrogen-bond donors (Lipinski definition) is 0. The number of sulfonamides is 1. The monoisotopic (exact) mass is 374 g/mol. The first-order valence-corrected chi connectivity index (χ1v) is 8.06. The Bertz CT molecular complexity index is 734. The van der Waals surface area contributed by atoms with Crippen LogP contribution in [0.4, 0.5) is 26.3 Å². The number of alkyl halides is 6. The van der Waals surface area contributed by atoms with E-state index in [4.69, 9.17) is 5.26 Å². The van der Waals surface area contributed by atoms with Gasteiger partial charge in [0.1, 0.15) is 6.54 Å². The van der Waals surface area contributed by atoms with Crippen LogP contribution in [-0.2, 0) is 28.1 Å². The molecule has 134 valence electrons. The van der Waals surface area contributed by atoms with Gasteiger partial charge in [-0.05, 0) is 23.8 Å². The molecule has 0 N–H and O–H groups in total. The lowest BCUT2D eigenvalue weighted by molar-refractivity contribution is -0.141. The summed E-state index contributed by atoms with van der Waals surface area (Å²) in [5, 5.41) is 8.55. The van der Waals surface area contributed by atoms with Crippen molar-refractivity contribution in [3.05, 3.63) is 34.9 Å². The van der Waals surface area contributed by atoms with Gasteiger partial charge >= 0.3 is 12.4 Å². The van der Waals surface area contributed by atoms with Gasteiger partial charge < -0.3 is 0 Å². The Kier molecular flexibility index (Phi) is 5.89. The van der Waals surface area contributed by atoms with E-state index in [1.54, 1.807) is 0 Å². The molecule has 11 heteroatoms. The van der Waals surface area contributed by atoms with Gasteiger partial charge in [0.25, 0.3) is 0 Å². The van der Waals surface area contributed by atoms with Crippen molar-refractivity contribution in [3.8, 4) is 6.07 Å². The van der Waals surface area contributed by atoms with E-state index < -0.39 is 51.4 Å². The van der Waals surface area contributed by atoms with Gasteiger partial charge in [-0.1, -0.05) is 6.92 Å². The fourth-order valence-corrected chi connectivity index (χ4v) is 3.40. The Morgan fingerprint density at radius 3 is 2.12 bits per heavy atom. The lowest BCUT2D eigenvalue weighted by atomic mass is 10.0. The predicted octanol–water partition coefficient (Wildman–Crippen LogP) is 3.40. The maximum atomic E-state index is 12.9. The second kappa shape index (κ2) is 6.98. The van der Waals surface area contributed by atoms with Crippen molar-refractivity contribution in [1.82, 2.24) is 4.31 Å². The predicted molar refractivity (Wildman–Crippen MR) is 71.9 cm³/mol. The van der Waals surface area contributed by atoms with Gasteiger partial charge in [-0.15, -0.1) is 0 Å². The first-order chi connectivity index (χ1) is 10.8. The van der Waals surface area contributed by atoms with Crippen LogP contribution in [0.5, 0.6) is 0 Å². The van der Waals surface area contributed by atoms with Gasteiger partial charge in [0, 0.05) is 6.54 Å². The topological polar surface area (TPSA) is 61.2 Å². The minimum Gasteiger partial charge on any atom is -0.212 e. The molecule has 0 aliphatic heterocycles. The molecule has 0 heterocycles. The second-order valence-electron chi connectivity index (χ2n) is 4.71. The third kappa shape index (κ3) is 4.85. The molecule has 0 amide bonds. The summed E-state index contributed by atoms with van der Waals surface area (Å²) in [4.78, 5) is 0. The molecule has 0 saturated carbocycles. The third-order valence-electron chi connectivity index (χ3n) is 3.07. The molecule has 0 saturated heterocycles. The minimum atomic E-state index is -5.01. The van der Waals surface area contributed by atoms with Crippen LogP contribution in [0, 0.1) is 11.3 Å². The van der Waals surface area contributed by atoms with Crippen LogP contribution in [0.25, 0.3) is 0 Å². The SMILES string of the molecule is CCN(CC#N)S(=O)(=O)Cc1cc(C(F)(F)F)ccc1C(F)(F)F. The van der Waals surface area contributed by atoms with Gasteiger partial charge in [-0.2, -0.15) is 35.9 Å². The third-order valence-corrected chi connectivity index (χ3v) is 4.92. The van der Waals surface area contributed by atoms with E-state index in [9.17, 15) is 34.8 Å². The van der Waals surface area contributed by atoms with E-state index in [-0.39, 0.29) is 24.7 Å². The van der Waals surface area contributed by atoms with Crippen molar-refractivity contribution >= 4 is 10.0 Å². The van der Waals surface area contributed by atoms with E-state index in [1.165, 1.54) is 13.0 Å². The molecule has 0 bridgehead atoms. The van der Waals surface area contributed by atoms with Crippen LogP contribution < -0.4 is 0 Å². The normalized spacial score (nSPS) is 13.1. The molecule has 0 atom stereocenters. The number of halogens is 6. The standard InChI is InChI=1S/C13H12F6N2O2S/c1-2-21(6-5-20)24(22,23)8-9-7-10(12(14,15)16)3-4-11(9)13(17,18)19/h3-4,7H,2,6,8H2,1H3. The van der Waals surface area contributed by atoms with Crippen molar-refractivity contribution in [2.45, 2.75) is 25.0 Å². The smallest absolute Gasteiger partial charge is 0.212 e. The molecule has 0 aromatic heterocycles. The van der Waals surface area contributed by atoms with Crippen LogP contribution >= 0.6 is 0 Å². The Morgan fingerprint density at radius 1 is 1.12 bits per heavy atom. The Balaban J connectivity index is 3.42. The molecular formula is C13H12F6N2O2S. The van der Waals surface area contributed by atoms with E-state index in [0.717, 1.165) is 0 Å². The molecule has 1 aromatic carbocycles. The van der Waals surface area contributed by atoms with Gasteiger partial charge in [-0.3, -0.25) is 0 Å². The van der Waals surface area contributed by atoms with Gasteiger partial charge in [0.15, 0.2) is 0 Å². The highest BCUT2D eigenvalue weighted by Gasteiger charge is 2.38. The maximum Gasteiger partial charge on any atom is 0.416 e. The number of benzene rings is 1. The number of hydrogen-bond acceptors (Lipinski definition) is 3. The van der Waals surface area contributed by atoms with E-state index in [2.05, 4.69) is 0 Å². The molecule has 0 spiro atoms. The molecule has 0 aliphatic carbocycles. The summed E-state index contributed by atoms with van der Waals surface area (Å²) in [6.07, 6.45) is -9.93. The Hall–Kier alpha value is -1.80. The Morgan fingerprint density at radius 2 is 1.71 bits per heavy atom. The largest absolute Gasteiger partial charge is 0.416 e. The van der Waals surface area contributed by atoms with Crippen molar-refractivity contribution in [2.24, 2.45) is 0 Å². The fourth-order valence-electron chi connectivity index (χ4n) is 1.94. The first kappa shape index (κ1) is 20.2. The van der Waals surface area contributed by atoms with Crippen molar-refractivity contribution < 1.29 is 34.8 Å². The first-order valence-electron chi connectivity index (χ1n) is 6.45. The van der Waals surface area contributed by atoms with Gasteiger partial charge in [0.2, 0.25) is 10.0 Å². The van der Waals surface area contributed by atoms with Gasteiger partial charge in [-0.25, -0.2) is 8.42 Å². The van der Waals surface area contributed by atoms with E-state index >= 15 is 0 Å². The highest BCUT2D eigenvalue weighted by Crippen LogP contribution is 2.37. The average Bonchev–Trinajstić information content (AvgIpc) is 2.41. The molecule has 0 radical (unpaired) electrons. The fraction of sp³-hybridized carbons (Fsp3) is 0.462. The van der Waals surface area contributed by atoms with E-state index in [1.807, 2.05) is 0 Å². The summed E-state index contributed by atoms with van der Waals surface area (Å²) in [5.74, 6) is -1.29. The summed E-state index contributed by atoms with van der Waals surface area (Å²) >= 11 is 0. The zero-order valence-corrected chi connectivity index (χ0v) is 13.1. The molecule has 0 aliphatic rings. The van der Waals surface area contributed by atoms with Gasteiger partial charge in [0.05, 0.1) is 22.9 Å². The molecule has 0 unspecified atom stereocenters. The highest BCUT2D eigenvalue weighted by atomic mass is 32.2. The molecular weight excluding hydrogens is 362 g/mol. The minimum absolute atomic E-state index is 0.167. The number of rotatable bonds is 5. The highest BCUT2D eigenvalue weighted by molar-refractivity contribution is 7.88. The Labute approximate surface area is 134 Å². The summed E-state index contributed by atoms with van der Waals surface area (Å²) in [7, 11) is -4.39. The van der Waals surface area contributed by atoms with Crippen LogP contribution in [0.1, 0.15) is 23.6 Å².